The Balaban J connectivity index is 1.95. The van der Waals surface area contributed by atoms with Gasteiger partial charge >= 0.3 is 0 Å². The van der Waals surface area contributed by atoms with Crippen LogP contribution in [0.4, 0.5) is 0 Å². The Bertz CT molecular complexity index is 950. The van der Waals surface area contributed by atoms with E-state index in [4.69, 9.17) is 4.74 Å². The zero-order valence-corrected chi connectivity index (χ0v) is 15.9. The summed E-state index contributed by atoms with van der Waals surface area (Å²) in [6.45, 7) is 2.13. The summed E-state index contributed by atoms with van der Waals surface area (Å²) in [5.41, 5.74) is 2.41. The highest BCUT2D eigenvalue weighted by Gasteiger charge is 2.21. The fraction of sp³-hybridized carbons (Fsp3) is 0.167. The minimum Gasteiger partial charge on any atom is -0.370 e. The molecule has 1 nitrogen and oxygen atoms in total. The van der Waals surface area contributed by atoms with Gasteiger partial charge in [-0.15, -0.1) is 0 Å². The zero-order chi connectivity index (χ0) is 17.9. The van der Waals surface area contributed by atoms with Gasteiger partial charge in [-0.2, -0.15) is 0 Å². The number of fused-ring (bicyclic) bond motifs is 2. The summed E-state index contributed by atoms with van der Waals surface area (Å²) in [5.74, 6) is 0. The number of benzene rings is 4. The summed E-state index contributed by atoms with van der Waals surface area (Å²) in [6, 6.07) is 29.9. The maximum absolute atomic E-state index is 6.50. The minimum absolute atomic E-state index is 0.00191. The number of hydrogen-bond acceptors (Lipinski definition) is 1. The molecule has 1 atom stereocenters. The molecule has 0 bridgehead atoms. The first-order valence-electron chi connectivity index (χ1n) is 9.10. The molecule has 4 aromatic rings. The van der Waals surface area contributed by atoms with Crippen LogP contribution in [0.3, 0.4) is 0 Å². The molecule has 2 heteroatoms. The zero-order valence-electron chi connectivity index (χ0n) is 14.9. The van der Waals surface area contributed by atoms with Crippen molar-refractivity contribution in [3.8, 4) is 0 Å². The van der Waals surface area contributed by atoms with Crippen molar-refractivity contribution in [2.24, 2.45) is 0 Å². The highest BCUT2D eigenvalue weighted by Crippen LogP contribution is 2.36. The lowest BCUT2D eigenvalue weighted by Crippen LogP contribution is -2.17. The van der Waals surface area contributed by atoms with Gasteiger partial charge in [-0.3, -0.25) is 0 Å². The molecule has 0 aliphatic rings. The van der Waals surface area contributed by atoms with E-state index in [0.29, 0.717) is 0 Å². The Labute approximate surface area is 158 Å². The molecule has 0 heterocycles. The highest BCUT2D eigenvalue weighted by atomic mass is 28.1. The first-order valence-corrected chi connectivity index (χ1v) is 9.67. The Morgan fingerprint density at radius 1 is 0.692 bits per heavy atom. The molecule has 0 N–H and O–H groups in total. The fourth-order valence-corrected chi connectivity index (χ4v) is 3.67. The third-order valence-electron chi connectivity index (χ3n) is 4.88. The van der Waals surface area contributed by atoms with Crippen LogP contribution < -0.4 is 0 Å². The van der Waals surface area contributed by atoms with E-state index in [1.807, 2.05) is 0 Å². The van der Waals surface area contributed by atoms with E-state index in [2.05, 4.69) is 102 Å². The van der Waals surface area contributed by atoms with E-state index in [-0.39, 0.29) is 11.8 Å². The summed E-state index contributed by atoms with van der Waals surface area (Å²) < 4.78 is 6.50. The Morgan fingerprint density at radius 3 is 1.65 bits per heavy atom. The Morgan fingerprint density at radius 2 is 1.15 bits per heavy atom. The monoisotopic (exact) mass is 353 g/mol. The van der Waals surface area contributed by atoms with Crippen molar-refractivity contribution >= 4 is 31.8 Å². The summed E-state index contributed by atoms with van der Waals surface area (Å²) in [6.07, 6.45) is 0.776. The van der Waals surface area contributed by atoms with Gasteiger partial charge in [-0.05, 0) is 39.1 Å². The van der Waals surface area contributed by atoms with Crippen LogP contribution in [0.15, 0.2) is 84.9 Å². The van der Waals surface area contributed by atoms with Crippen molar-refractivity contribution in [3.05, 3.63) is 96.1 Å². The first-order chi connectivity index (χ1) is 12.8. The quantitative estimate of drug-likeness (QED) is 0.400. The lowest BCUT2D eigenvalue weighted by atomic mass is 9.92. The summed E-state index contributed by atoms with van der Waals surface area (Å²) in [4.78, 5) is 0. The molecule has 0 fully saturated rings. The van der Waals surface area contributed by atoms with Crippen molar-refractivity contribution < 1.29 is 4.74 Å². The van der Waals surface area contributed by atoms with E-state index in [9.17, 15) is 0 Å². The third-order valence-corrected chi connectivity index (χ3v) is 5.43. The van der Waals surface area contributed by atoms with Crippen LogP contribution in [0.1, 0.15) is 30.6 Å². The van der Waals surface area contributed by atoms with Gasteiger partial charge < -0.3 is 4.74 Å². The summed E-state index contributed by atoms with van der Waals surface area (Å²) in [5, 5.41) is 4.95. The van der Waals surface area contributed by atoms with Crippen molar-refractivity contribution in [2.75, 3.05) is 0 Å². The van der Waals surface area contributed by atoms with E-state index in [1.54, 1.807) is 0 Å². The minimum atomic E-state index is -0.130. The summed E-state index contributed by atoms with van der Waals surface area (Å²) in [7, 11) is 3.73. The molecule has 0 saturated heterocycles. The van der Waals surface area contributed by atoms with Gasteiger partial charge in [0.15, 0.2) is 0 Å². The molecule has 0 spiro atoms. The number of ether oxygens (including phenoxy) is 1. The second-order valence-electron chi connectivity index (χ2n) is 6.55. The standard InChI is InChI=1S/C24H21OSi/c1-2-23(26)25-24(21-15-7-11-17-9-3-5-13-19(17)21)22-16-8-12-18-10-4-6-14-20(18)22/h3-16,23-24H,2H2,1H3. The van der Waals surface area contributed by atoms with Crippen molar-refractivity contribution in [1.29, 1.82) is 0 Å². The first kappa shape index (κ1) is 17.0. The molecule has 26 heavy (non-hydrogen) atoms. The largest absolute Gasteiger partial charge is 0.370 e. The van der Waals surface area contributed by atoms with Crippen LogP contribution in [0.25, 0.3) is 21.5 Å². The molecule has 127 valence electrons. The van der Waals surface area contributed by atoms with Crippen molar-refractivity contribution in [3.63, 3.8) is 0 Å². The van der Waals surface area contributed by atoms with E-state index in [1.165, 1.54) is 32.7 Å². The lowest BCUT2D eigenvalue weighted by Gasteiger charge is -2.25. The van der Waals surface area contributed by atoms with Gasteiger partial charge in [0.05, 0.1) is 10.2 Å². The Kier molecular flexibility index (Phi) is 4.87. The van der Waals surface area contributed by atoms with Crippen LogP contribution in [0.2, 0.25) is 0 Å². The highest BCUT2D eigenvalue weighted by molar-refractivity contribution is 6.11. The molecule has 0 aliphatic heterocycles. The van der Waals surface area contributed by atoms with Crippen LogP contribution in [0.5, 0.6) is 0 Å². The molecule has 1 unspecified atom stereocenters. The molecule has 3 radical (unpaired) electrons. The normalized spacial score (nSPS) is 12.7. The third kappa shape index (κ3) is 3.18. The second kappa shape index (κ2) is 7.44. The topological polar surface area (TPSA) is 9.23 Å². The van der Waals surface area contributed by atoms with Gasteiger partial charge in [0.1, 0.15) is 6.10 Å². The van der Waals surface area contributed by atoms with Crippen LogP contribution in [-0.2, 0) is 4.74 Å². The number of rotatable bonds is 5. The SMILES string of the molecule is CCC([Si])OC(c1cccc2ccccc12)c1cccc2ccccc12. The van der Waals surface area contributed by atoms with Gasteiger partial charge in [0, 0.05) is 5.73 Å². The smallest absolute Gasteiger partial charge is 0.109 e. The Hall–Kier alpha value is -2.42. The molecule has 0 aromatic heterocycles. The maximum atomic E-state index is 6.50. The average molecular weight is 354 g/mol. The maximum Gasteiger partial charge on any atom is 0.109 e. The predicted molar refractivity (Wildman–Crippen MR) is 111 cm³/mol. The number of hydrogen-bond donors (Lipinski definition) is 0. The molecular weight excluding hydrogens is 332 g/mol. The van der Waals surface area contributed by atoms with E-state index >= 15 is 0 Å². The molecule has 0 amide bonds. The van der Waals surface area contributed by atoms with Gasteiger partial charge in [0.25, 0.3) is 0 Å². The lowest BCUT2D eigenvalue weighted by molar-refractivity contribution is 0.0553. The average Bonchev–Trinajstić information content (AvgIpc) is 2.71. The van der Waals surface area contributed by atoms with E-state index < -0.39 is 0 Å². The summed E-state index contributed by atoms with van der Waals surface area (Å²) >= 11 is 0. The molecular formula is C24H21OSi. The van der Waals surface area contributed by atoms with Crippen LogP contribution in [-0.4, -0.2) is 16.0 Å². The second-order valence-corrected chi connectivity index (χ2v) is 7.19. The van der Waals surface area contributed by atoms with Gasteiger partial charge in [-0.25, -0.2) is 0 Å². The predicted octanol–water partition coefficient (Wildman–Crippen LogP) is 6.00. The molecule has 0 aliphatic carbocycles. The van der Waals surface area contributed by atoms with Crippen LogP contribution in [0, 0.1) is 0 Å². The molecule has 4 aromatic carbocycles. The molecule has 0 saturated carbocycles. The van der Waals surface area contributed by atoms with Crippen molar-refractivity contribution in [1.82, 2.24) is 0 Å². The molecule has 4 rings (SSSR count). The van der Waals surface area contributed by atoms with Gasteiger partial charge in [0.2, 0.25) is 0 Å². The van der Waals surface area contributed by atoms with Crippen molar-refractivity contribution in [2.45, 2.75) is 25.2 Å². The van der Waals surface area contributed by atoms with Gasteiger partial charge in [-0.1, -0.05) is 91.9 Å². The van der Waals surface area contributed by atoms with Crippen LogP contribution >= 0.6 is 0 Å². The van der Waals surface area contributed by atoms with E-state index in [0.717, 1.165) is 6.42 Å². The fourth-order valence-electron chi connectivity index (χ4n) is 3.53.